The van der Waals surface area contributed by atoms with Crippen LogP contribution in [0.15, 0.2) is 52.2 Å². The van der Waals surface area contributed by atoms with Gasteiger partial charge in [-0.1, -0.05) is 32.0 Å². The molecule has 182 valence electrons. The van der Waals surface area contributed by atoms with Crippen LogP contribution in [0.3, 0.4) is 0 Å². The highest BCUT2D eigenvalue weighted by molar-refractivity contribution is 7.89. The van der Waals surface area contributed by atoms with Crippen molar-refractivity contribution in [3.8, 4) is 0 Å². The van der Waals surface area contributed by atoms with Crippen LogP contribution in [-0.4, -0.2) is 59.7 Å². The van der Waals surface area contributed by atoms with E-state index in [4.69, 9.17) is 0 Å². The summed E-state index contributed by atoms with van der Waals surface area (Å²) in [5, 5.41) is 3.32. The van der Waals surface area contributed by atoms with Crippen LogP contribution >= 0.6 is 0 Å². The Balaban J connectivity index is 1.76. The van der Waals surface area contributed by atoms with Gasteiger partial charge in [0.1, 0.15) is 5.82 Å². The molecular formula is C24H31N5O4S. The van der Waals surface area contributed by atoms with E-state index >= 15 is 0 Å². The number of rotatable bonds is 9. The number of fused-ring (bicyclic) bond motifs is 1. The maximum Gasteiger partial charge on any atom is 0.258 e. The molecule has 3 rings (SSSR count). The zero-order chi connectivity index (χ0) is 25.0. The number of benzene rings is 2. The molecule has 3 aromatic rings. The molecule has 1 atom stereocenters. The Morgan fingerprint density at radius 3 is 2.50 bits per heavy atom. The molecule has 0 radical (unpaired) electrons. The number of likely N-dealkylation sites (N-methyl/N-ethyl adjacent to an activating group) is 1. The summed E-state index contributed by atoms with van der Waals surface area (Å²) >= 11 is 0. The second kappa shape index (κ2) is 10.5. The third-order valence-corrected chi connectivity index (χ3v) is 8.07. The molecule has 0 aliphatic rings. The van der Waals surface area contributed by atoms with Gasteiger partial charge in [0, 0.05) is 18.8 Å². The number of carbonyl (C=O) groups excluding carboxylic acids is 1. The van der Waals surface area contributed by atoms with Gasteiger partial charge in [-0.15, -0.1) is 0 Å². The van der Waals surface area contributed by atoms with Crippen LogP contribution in [0.1, 0.15) is 32.2 Å². The minimum atomic E-state index is -3.66. The van der Waals surface area contributed by atoms with Gasteiger partial charge in [0.25, 0.3) is 5.56 Å². The van der Waals surface area contributed by atoms with E-state index in [0.717, 1.165) is 0 Å². The third-order valence-electron chi connectivity index (χ3n) is 5.88. The lowest BCUT2D eigenvalue weighted by Crippen LogP contribution is -2.39. The van der Waals surface area contributed by atoms with Crippen LogP contribution in [0.5, 0.6) is 0 Å². The normalized spacial score (nSPS) is 12.9. The number of carbonyl (C=O) groups is 1. The van der Waals surface area contributed by atoms with E-state index in [0.29, 0.717) is 41.1 Å². The lowest BCUT2D eigenvalue weighted by atomic mass is 10.2. The zero-order valence-corrected chi connectivity index (χ0v) is 20.9. The van der Waals surface area contributed by atoms with Crippen molar-refractivity contribution in [2.24, 2.45) is 0 Å². The predicted octanol–water partition coefficient (Wildman–Crippen LogP) is 2.72. The molecular weight excluding hydrogens is 454 g/mol. The quantitative estimate of drug-likeness (QED) is 0.482. The van der Waals surface area contributed by atoms with Crippen molar-refractivity contribution in [3.63, 3.8) is 0 Å². The number of H-pyrrole nitrogens is 1. The number of sulfonamides is 1. The standard InChI is InChI=1S/C24H31N5O4S/c1-6-29(7-2)34(32,33)21-14-18(13-12-16(21)3)25-23(30)17(4)28(5)15-22-26-20-11-9-8-10-19(20)24(31)27-22/h8-14,17H,6-7,15H2,1-5H3,(H,25,30)(H,26,27,31)/t17-/m1/s1. The van der Waals surface area contributed by atoms with Crippen LogP contribution in [0, 0.1) is 6.92 Å². The molecule has 1 heterocycles. The number of hydrogen-bond acceptors (Lipinski definition) is 6. The number of hydrogen-bond donors (Lipinski definition) is 2. The summed E-state index contributed by atoms with van der Waals surface area (Å²) in [6.45, 7) is 8.02. The molecule has 0 aliphatic heterocycles. The van der Waals surface area contributed by atoms with Crippen LogP contribution in [0.2, 0.25) is 0 Å². The number of aromatic amines is 1. The molecule has 0 fully saturated rings. The van der Waals surface area contributed by atoms with Crippen LogP contribution in [-0.2, 0) is 21.4 Å². The van der Waals surface area contributed by atoms with Crippen molar-refractivity contribution in [3.05, 3.63) is 64.2 Å². The van der Waals surface area contributed by atoms with Gasteiger partial charge in [0.2, 0.25) is 15.9 Å². The number of aromatic nitrogens is 2. The number of nitrogens with zero attached hydrogens (tertiary/aromatic N) is 3. The summed E-state index contributed by atoms with van der Waals surface area (Å²) in [6, 6.07) is 11.4. The van der Waals surface area contributed by atoms with Gasteiger partial charge in [-0.2, -0.15) is 4.31 Å². The van der Waals surface area contributed by atoms with E-state index in [9.17, 15) is 18.0 Å². The second-order valence-corrected chi connectivity index (χ2v) is 10.1. The van der Waals surface area contributed by atoms with E-state index in [1.807, 2.05) is 6.07 Å². The molecule has 0 unspecified atom stereocenters. The van der Waals surface area contributed by atoms with Gasteiger partial charge in [0.15, 0.2) is 0 Å². The smallest absolute Gasteiger partial charge is 0.258 e. The summed E-state index contributed by atoms with van der Waals surface area (Å²) < 4.78 is 27.4. The van der Waals surface area contributed by atoms with Crippen molar-refractivity contribution in [2.45, 2.75) is 45.2 Å². The lowest BCUT2D eigenvalue weighted by Gasteiger charge is -2.24. The Morgan fingerprint density at radius 2 is 1.82 bits per heavy atom. The van der Waals surface area contributed by atoms with Crippen molar-refractivity contribution in [1.82, 2.24) is 19.2 Å². The highest BCUT2D eigenvalue weighted by atomic mass is 32.2. The fourth-order valence-corrected chi connectivity index (χ4v) is 5.40. The van der Waals surface area contributed by atoms with E-state index in [2.05, 4.69) is 15.3 Å². The van der Waals surface area contributed by atoms with Crippen molar-refractivity contribution >= 4 is 32.5 Å². The van der Waals surface area contributed by atoms with Gasteiger partial charge in [-0.3, -0.25) is 14.5 Å². The number of amides is 1. The average molecular weight is 486 g/mol. The van der Waals surface area contributed by atoms with E-state index in [1.54, 1.807) is 70.0 Å². The van der Waals surface area contributed by atoms with Crippen molar-refractivity contribution < 1.29 is 13.2 Å². The molecule has 1 aromatic heterocycles. The van der Waals surface area contributed by atoms with Gasteiger partial charge >= 0.3 is 0 Å². The molecule has 0 aliphatic carbocycles. The minimum absolute atomic E-state index is 0.174. The molecule has 0 saturated carbocycles. The van der Waals surface area contributed by atoms with Crippen LogP contribution in [0.25, 0.3) is 10.9 Å². The van der Waals surface area contributed by atoms with E-state index in [-0.39, 0.29) is 22.9 Å². The minimum Gasteiger partial charge on any atom is -0.325 e. The number of anilines is 1. The molecule has 9 nitrogen and oxygen atoms in total. The number of nitrogens with one attached hydrogen (secondary N) is 2. The summed E-state index contributed by atoms with van der Waals surface area (Å²) in [6.07, 6.45) is 0. The van der Waals surface area contributed by atoms with Crippen molar-refractivity contribution in [2.75, 3.05) is 25.5 Å². The van der Waals surface area contributed by atoms with Gasteiger partial charge < -0.3 is 10.3 Å². The third kappa shape index (κ3) is 5.35. The number of aryl methyl sites for hydroxylation is 1. The summed E-state index contributed by atoms with van der Waals surface area (Å²) in [7, 11) is -1.91. The fourth-order valence-electron chi connectivity index (χ4n) is 3.69. The molecule has 0 saturated heterocycles. The SMILES string of the molecule is CCN(CC)S(=O)(=O)c1cc(NC(=O)[C@@H](C)N(C)Cc2nc3ccccc3c(=O)[nH]2)ccc1C. The van der Waals surface area contributed by atoms with Crippen LogP contribution in [0.4, 0.5) is 5.69 Å². The topological polar surface area (TPSA) is 115 Å². The Labute approximate surface area is 199 Å². The first-order chi connectivity index (χ1) is 16.1. The fraction of sp³-hybridized carbons (Fsp3) is 0.375. The Hall–Kier alpha value is -3.08. The average Bonchev–Trinajstić information content (AvgIpc) is 2.80. The van der Waals surface area contributed by atoms with Crippen molar-refractivity contribution in [1.29, 1.82) is 0 Å². The first-order valence-electron chi connectivity index (χ1n) is 11.2. The second-order valence-electron chi connectivity index (χ2n) is 8.18. The molecule has 2 aromatic carbocycles. The van der Waals surface area contributed by atoms with E-state index in [1.165, 1.54) is 10.4 Å². The first-order valence-corrected chi connectivity index (χ1v) is 12.6. The first kappa shape index (κ1) is 25.5. The Morgan fingerprint density at radius 1 is 1.15 bits per heavy atom. The molecule has 34 heavy (non-hydrogen) atoms. The Bertz CT molecular complexity index is 1350. The molecule has 10 heteroatoms. The highest BCUT2D eigenvalue weighted by Gasteiger charge is 2.25. The highest BCUT2D eigenvalue weighted by Crippen LogP contribution is 2.24. The monoisotopic (exact) mass is 485 g/mol. The van der Waals surface area contributed by atoms with E-state index < -0.39 is 16.1 Å². The summed E-state index contributed by atoms with van der Waals surface area (Å²) in [4.78, 5) is 34.4. The Kier molecular flexibility index (Phi) is 7.86. The molecule has 0 spiro atoms. The molecule has 1 amide bonds. The number of para-hydroxylation sites is 1. The maximum absolute atomic E-state index is 13.0. The molecule has 0 bridgehead atoms. The van der Waals surface area contributed by atoms with Crippen LogP contribution < -0.4 is 10.9 Å². The van der Waals surface area contributed by atoms with Gasteiger partial charge in [-0.05, 0) is 50.7 Å². The molecule has 2 N–H and O–H groups in total. The largest absolute Gasteiger partial charge is 0.325 e. The lowest BCUT2D eigenvalue weighted by molar-refractivity contribution is -0.120. The van der Waals surface area contributed by atoms with Gasteiger partial charge in [0.05, 0.1) is 28.4 Å². The predicted molar refractivity (Wildman–Crippen MR) is 133 cm³/mol. The zero-order valence-electron chi connectivity index (χ0n) is 20.1. The maximum atomic E-state index is 13.0. The summed E-state index contributed by atoms with van der Waals surface area (Å²) in [5.74, 6) is 0.148. The summed E-state index contributed by atoms with van der Waals surface area (Å²) in [5.41, 5.74) is 1.38. The van der Waals surface area contributed by atoms with Gasteiger partial charge in [-0.25, -0.2) is 13.4 Å².